The summed E-state index contributed by atoms with van der Waals surface area (Å²) < 4.78 is 4.30. The van der Waals surface area contributed by atoms with Gasteiger partial charge in [0.2, 0.25) is 0 Å². The van der Waals surface area contributed by atoms with Gasteiger partial charge in [0.25, 0.3) is 0 Å². The van der Waals surface area contributed by atoms with Gasteiger partial charge in [-0.3, -0.25) is 0 Å². The molecule has 9 rings (SSSR count). The molecule has 6 heteroatoms. The van der Waals surface area contributed by atoms with E-state index in [1.807, 2.05) is 115 Å². The van der Waals surface area contributed by atoms with E-state index in [0.717, 1.165) is 77.2 Å². The second-order valence-electron chi connectivity index (χ2n) is 12.6. The van der Waals surface area contributed by atoms with Crippen LogP contribution in [0.4, 0.5) is 11.4 Å². The first kappa shape index (κ1) is 30.2. The van der Waals surface area contributed by atoms with E-state index >= 15 is 0 Å². The molecule has 0 aliphatic rings. The van der Waals surface area contributed by atoms with Gasteiger partial charge in [-0.05, 0) is 94.4 Å². The van der Waals surface area contributed by atoms with E-state index in [0.29, 0.717) is 22.5 Å². The first-order valence-corrected chi connectivity index (χ1v) is 16.6. The number of fused-ring (bicyclic) bond motifs is 6. The SMILES string of the molecule is [C-]#[N+]c1ccc2c(c1)c1ccccc1n2-c1ccc(-c2ccccc2[N+]#[C-])c(-c2ccc(-n3c4ccccc4c4cc(C#N)ccc43)c(C#N)c2)c1. The van der Waals surface area contributed by atoms with E-state index in [-0.39, 0.29) is 0 Å². The molecule has 0 fully saturated rings. The minimum absolute atomic E-state index is 0.489. The minimum Gasteiger partial charge on any atom is -0.309 e. The number of hydrogen-bond donors (Lipinski definition) is 0. The Hall–Kier alpha value is -7.90. The molecule has 2 aromatic heterocycles. The molecule has 0 N–H and O–H groups in total. The number of rotatable bonds is 4. The predicted molar refractivity (Wildman–Crippen MR) is 208 cm³/mol. The molecule has 0 atom stereocenters. The van der Waals surface area contributed by atoms with Crippen molar-refractivity contribution in [3.05, 3.63) is 180 Å². The molecule has 0 spiro atoms. The number of para-hydroxylation sites is 3. The summed E-state index contributed by atoms with van der Waals surface area (Å²) >= 11 is 0. The molecule has 9 aromatic rings. The highest BCUT2D eigenvalue weighted by atomic mass is 15.0. The Morgan fingerprint density at radius 3 is 1.90 bits per heavy atom. The summed E-state index contributed by atoms with van der Waals surface area (Å²) in [5, 5.41) is 24.3. The average Bonchev–Trinajstić information content (AvgIpc) is 3.72. The van der Waals surface area contributed by atoms with Gasteiger partial charge in [-0.1, -0.05) is 78.9 Å². The fraction of sp³-hybridized carbons (Fsp3) is 0. The van der Waals surface area contributed by atoms with Crippen LogP contribution in [0.15, 0.2) is 146 Å². The van der Waals surface area contributed by atoms with Crippen molar-refractivity contribution >= 4 is 55.0 Å². The molecule has 52 heavy (non-hydrogen) atoms. The van der Waals surface area contributed by atoms with Crippen LogP contribution >= 0.6 is 0 Å². The van der Waals surface area contributed by atoms with E-state index < -0.39 is 0 Å². The van der Waals surface area contributed by atoms with Gasteiger partial charge < -0.3 is 9.13 Å². The number of nitrogens with zero attached hydrogens (tertiary/aromatic N) is 6. The van der Waals surface area contributed by atoms with E-state index in [4.69, 9.17) is 13.1 Å². The lowest BCUT2D eigenvalue weighted by molar-refractivity contribution is 1.17. The lowest BCUT2D eigenvalue weighted by Gasteiger charge is -2.17. The van der Waals surface area contributed by atoms with Crippen molar-refractivity contribution in [3.63, 3.8) is 0 Å². The third-order valence-corrected chi connectivity index (χ3v) is 9.83. The molecule has 0 radical (unpaired) electrons. The Morgan fingerprint density at radius 2 is 1.15 bits per heavy atom. The summed E-state index contributed by atoms with van der Waals surface area (Å²) in [4.78, 5) is 7.53. The van der Waals surface area contributed by atoms with Crippen molar-refractivity contribution in [3.8, 4) is 45.8 Å². The number of nitriles is 2. The van der Waals surface area contributed by atoms with Crippen LogP contribution in [0.1, 0.15) is 11.1 Å². The Balaban J connectivity index is 1.31. The summed E-state index contributed by atoms with van der Waals surface area (Å²) in [5.74, 6) is 0. The Morgan fingerprint density at radius 1 is 0.481 bits per heavy atom. The summed E-state index contributed by atoms with van der Waals surface area (Å²) in [5.41, 5.74) is 11.1. The molecule has 238 valence electrons. The number of hydrogen-bond acceptors (Lipinski definition) is 2. The van der Waals surface area contributed by atoms with E-state index in [2.05, 4.69) is 61.3 Å². The number of benzene rings is 7. The molecule has 0 bridgehead atoms. The smallest absolute Gasteiger partial charge is 0.194 e. The Labute approximate surface area is 299 Å². The summed E-state index contributed by atoms with van der Waals surface area (Å²) in [6.45, 7) is 15.6. The zero-order valence-corrected chi connectivity index (χ0v) is 27.5. The highest BCUT2D eigenvalue weighted by Crippen LogP contribution is 2.42. The summed E-state index contributed by atoms with van der Waals surface area (Å²) in [7, 11) is 0. The Kier molecular flexibility index (Phi) is 6.91. The number of aromatic nitrogens is 2. The molecule has 0 aliphatic heterocycles. The van der Waals surface area contributed by atoms with Gasteiger partial charge >= 0.3 is 0 Å². The van der Waals surface area contributed by atoms with Crippen molar-refractivity contribution in [1.82, 2.24) is 9.13 Å². The topological polar surface area (TPSA) is 66.2 Å². The van der Waals surface area contributed by atoms with Crippen LogP contribution in [0, 0.1) is 35.8 Å². The second kappa shape index (κ2) is 11.9. The molecule has 0 saturated carbocycles. The van der Waals surface area contributed by atoms with Gasteiger partial charge in [-0.25, -0.2) is 9.69 Å². The maximum atomic E-state index is 10.7. The monoisotopic (exact) mass is 660 g/mol. The molecule has 7 aromatic carbocycles. The maximum Gasteiger partial charge on any atom is 0.194 e. The second-order valence-corrected chi connectivity index (χ2v) is 12.6. The van der Waals surface area contributed by atoms with Gasteiger partial charge in [0.15, 0.2) is 11.4 Å². The highest BCUT2D eigenvalue weighted by molar-refractivity contribution is 6.11. The normalized spacial score (nSPS) is 11.0. The lowest BCUT2D eigenvalue weighted by Crippen LogP contribution is -1.99. The lowest BCUT2D eigenvalue weighted by atomic mass is 9.92. The van der Waals surface area contributed by atoms with Gasteiger partial charge in [-0.2, -0.15) is 10.5 Å². The minimum atomic E-state index is 0.489. The molecule has 2 heterocycles. The standard InChI is InChI=1S/C46H24N6/c1-49-32-17-22-45-40(25-32)37-11-4-7-13-43(37)51(45)33-18-19-34(35-9-3-6-12-41(35)50-2)38(26-33)30-16-21-42(31(24-30)28-48)52-44-14-8-5-10-36(44)39-23-29(27-47)15-20-46(39)52/h3-26H. The molecule has 0 aliphatic carbocycles. The zero-order chi connectivity index (χ0) is 35.3. The maximum absolute atomic E-state index is 10.7. The first-order valence-electron chi connectivity index (χ1n) is 16.6. The molecule has 0 saturated heterocycles. The van der Waals surface area contributed by atoms with Crippen LogP contribution in [0.25, 0.3) is 86.9 Å². The van der Waals surface area contributed by atoms with E-state index in [1.54, 1.807) is 0 Å². The van der Waals surface area contributed by atoms with Crippen LogP contribution in [0.3, 0.4) is 0 Å². The molecule has 6 nitrogen and oxygen atoms in total. The molecular formula is C46H24N6. The average molecular weight is 661 g/mol. The predicted octanol–water partition coefficient (Wildman–Crippen LogP) is 12.1. The van der Waals surface area contributed by atoms with Crippen molar-refractivity contribution in [2.45, 2.75) is 0 Å². The first-order chi connectivity index (χ1) is 25.6. The molecule has 0 unspecified atom stereocenters. The van der Waals surface area contributed by atoms with Crippen LogP contribution in [-0.4, -0.2) is 9.13 Å². The van der Waals surface area contributed by atoms with Crippen LogP contribution in [0.2, 0.25) is 0 Å². The van der Waals surface area contributed by atoms with Gasteiger partial charge in [0, 0.05) is 21.8 Å². The van der Waals surface area contributed by atoms with Crippen LogP contribution < -0.4 is 0 Å². The van der Waals surface area contributed by atoms with Gasteiger partial charge in [0.1, 0.15) is 6.07 Å². The van der Waals surface area contributed by atoms with E-state index in [1.165, 1.54) is 0 Å². The quantitative estimate of drug-likeness (QED) is 0.176. The van der Waals surface area contributed by atoms with Crippen LogP contribution in [-0.2, 0) is 0 Å². The van der Waals surface area contributed by atoms with Crippen LogP contribution in [0.5, 0.6) is 0 Å². The highest BCUT2D eigenvalue weighted by Gasteiger charge is 2.20. The van der Waals surface area contributed by atoms with Crippen molar-refractivity contribution in [2.24, 2.45) is 0 Å². The summed E-state index contributed by atoms with van der Waals surface area (Å²) in [6, 6.07) is 52.2. The van der Waals surface area contributed by atoms with Gasteiger partial charge in [-0.15, -0.1) is 0 Å². The van der Waals surface area contributed by atoms with Gasteiger partial charge in [0.05, 0.1) is 58.1 Å². The molecular weight excluding hydrogens is 637 g/mol. The van der Waals surface area contributed by atoms with Crippen molar-refractivity contribution < 1.29 is 0 Å². The largest absolute Gasteiger partial charge is 0.309 e. The third kappa shape index (κ3) is 4.54. The van der Waals surface area contributed by atoms with Crippen molar-refractivity contribution in [1.29, 1.82) is 10.5 Å². The third-order valence-electron chi connectivity index (χ3n) is 9.83. The zero-order valence-electron chi connectivity index (χ0n) is 27.5. The summed E-state index contributed by atoms with van der Waals surface area (Å²) in [6.07, 6.45) is 0. The molecule has 0 amide bonds. The van der Waals surface area contributed by atoms with E-state index in [9.17, 15) is 10.5 Å². The Bertz CT molecular complexity index is 3130. The fourth-order valence-electron chi connectivity index (χ4n) is 7.54. The fourth-order valence-corrected chi connectivity index (χ4v) is 7.54. The van der Waals surface area contributed by atoms with Crippen molar-refractivity contribution in [2.75, 3.05) is 0 Å².